The molecule has 0 bridgehead atoms. The zero-order chi connectivity index (χ0) is 14.7. The Bertz CT molecular complexity index is 496. The van der Waals surface area contributed by atoms with Crippen molar-refractivity contribution in [3.63, 3.8) is 0 Å². The average Bonchev–Trinajstić information content (AvgIpc) is 2.42. The van der Waals surface area contributed by atoms with E-state index in [0.29, 0.717) is 6.54 Å². The lowest BCUT2D eigenvalue weighted by molar-refractivity contribution is 0.0435. The van der Waals surface area contributed by atoms with E-state index < -0.39 is 17.7 Å². The zero-order valence-corrected chi connectivity index (χ0v) is 11.3. The monoisotopic (exact) mass is 284 g/mol. The number of piperidine rings is 1. The molecule has 0 aliphatic carbocycles. The van der Waals surface area contributed by atoms with Gasteiger partial charge in [-0.1, -0.05) is 6.92 Å². The van der Waals surface area contributed by atoms with Crippen molar-refractivity contribution in [3.05, 3.63) is 35.4 Å². The third-order valence-electron chi connectivity index (χ3n) is 3.64. The van der Waals surface area contributed by atoms with Gasteiger partial charge in [0.15, 0.2) is 0 Å². The van der Waals surface area contributed by atoms with Crippen LogP contribution >= 0.6 is 0 Å². The first kappa shape index (κ1) is 14.7. The minimum Gasteiger partial charge on any atom is -0.391 e. The number of halogens is 2. The van der Waals surface area contributed by atoms with Crippen LogP contribution in [0.15, 0.2) is 18.2 Å². The lowest BCUT2D eigenvalue weighted by Crippen LogP contribution is -2.49. The van der Waals surface area contributed by atoms with Gasteiger partial charge in [0.2, 0.25) is 0 Å². The lowest BCUT2D eigenvalue weighted by atomic mass is 9.96. The maximum absolute atomic E-state index is 13.4. The maximum Gasteiger partial charge on any atom is 0.317 e. The fourth-order valence-corrected chi connectivity index (χ4v) is 2.19. The van der Waals surface area contributed by atoms with E-state index in [9.17, 15) is 18.7 Å². The molecule has 110 valence electrons. The van der Waals surface area contributed by atoms with Crippen molar-refractivity contribution in [1.29, 1.82) is 0 Å². The Hall–Kier alpha value is -1.69. The van der Waals surface area contributed by atoms with E-state index in [0.717, 1.165) is 24.6 Å². The van der Waals surface area contributed by atoms with Crippen molar-refractivity contribution < 1.29 is 18.7 Å². The summed E-state index contributed by atoms with van der Waals surface area (Å²) in [5, 5.41) is 12.3. The molecular formula is C14H18F2N2O2. The van der Waals surface area contributed by atoms with Crippen LogP contribution in [-0.4, -0.2) is 35.2 Å². The third kappa shape index (κ3) is 3.45. The number of hydrogen-bond donors (Lipinski definition) is 2. The molecule has 4 nitrogen and oxygen atoms in total. The van der Waals surface area contributed by atoms with E-state index in [1.54, 1.807) is 0 Å². The SMILES string of the molecule is CC1CCN(C(=O)NCc2cc(F)ccc2F)CC1O. The van der Waals surface area contributed by atoms with Crippen LogP contribution in [0, 0.1) is 17.6 Å². The second-order valence-corrected chi connectivity index (χ2v) is 5.17. The molecule has 2 amide bonds. The highest BCUT2D eigenvalue weighted by Gasteiger charge is 2.27. The molecule has 1 fully saturated rings. The molecular weight excluding hydrogens is 266 g/mol. The highest BCUT2D eigenvalue weighted by atomic mass is 19.1. The van der Waals surface area contributed by atoms with Gasteiger partial charge in [-0.15, -0.1) is 0 Å². The summed E-state index contributed by atoms with van der Waals surface area (Å²) in [6, 6.07) is 2.74. The molecule has 6 heteroatoms. The second kappa shape index (κ2) is 6.17. The van der Waals surface area contributed by atoms with Crippen molar-refractivity contribution >= 4 is 6.03 Å². The highest BCUT2D eigenvalue weighted by molar-refractivity contribution is 5.74. The Kier molecular flexibility index (Phi) is 4.54. The fourth-order valence-electron chi connectivity index (χ4n) is 2.19. The molecule has 0 aromatic heterocycles. The summed E-state index contributed by atoms with van der Waals surface area (Å²) in [6.07, 6.45) is 0.184. The van der Waals surface area contributed by atoms with Crippen molar-refractivity contribution in [2.45, 2.75) is 26.0 Å². The molecule has 2 rings (SSSR count). The standard InChI is InChI=1S/C14H18F2N2O2/c1-9-4-5-18(8-13(9)19)14(20)17-7-10-6-11(15)2-3-12(10)16/h2-3,6,9,13,19H,4-5,7-8H2,1H3,(H,17,20). The smallest absolute Gasteiger partial charge is 0.317 e. The summed E-state index contributed by atoms with van der Waals surface area (Å²) in [4.78, 5) is 13.4. The molecule has 0 radical (unpaired) electrons. The number of aliphatic hydroxyl groups excluding tert-OH is 1. The van der Waals surface area contributed by atoms with E-state index in [1.165, 1.54) is 4.90 Å². The number of β-amino-alcohol motifs (C(OH)–C–C–N with tert-alkyl or cyclic N) is 1. The van der Waals surface area contributed by atoms with Gasteiger partial charge in [-0.25, -0.2) is 13.6 Å². The van der Waals surface area contributed by atoms with Crippen LogP contribution in [0.4, 0.5) is 13.6 Å². The van der Waals surface area contributed by atoms with E-state index in [2.05, 4.69) is 5.32 Å². The molecule has 0 spiro atoms. The van der Waals surface area contributed by atoms with Gasteiger partial charge in [0, 0.05) is 25.2 Å². The predicted molar refractivity (Wildman–Crippen MR) is 70.0 cm³/mol. The molecule has 20 heavy (non-hydrogen) atoms. The molecule has 1 aliphatic rings. The van der Waals surface area contributed by atoms with E-state index in [1.807, 2.05) is 6.92 Å². The number of aliphatic hydroxyl groups is 1. The van der Waals surface area contributed by atoms with Crippen LogP contribution in [0.25, 0.3) is 0 Å². The number of carbonyl (C=O) groups excluding carboxylic acids is 1. The topological polar surface area (TPSA) is 52.6 Å². The highest BCUT2D eigenvalue weighted by Crippen LogP contribution is 2.17. The van der Waals surface area contributed by atoms with Gasteiger partial charge in [-0.3, -0.25) is 0 Å². The summed E-state index contributed by atoms with van der Waals surface area (Å²) in [7, 11) is 0. The minimum absolute atomic E-state index is 0.0788. The number of carbonyl (C=O) groups is 1. The van der Waals surface area contributed by atoms with E-state index in [-0.39, 0.29) is 30.6 Å². The van der Waals surface area contributed by atoms with Gasteiger partial charge < -0.3 is 15.3 Å². The average molecular weight is 284 g/mol. The van der Waals surface area contributed by atoms with Gasteiger partial charge in [0.25, 0.3) is 0 Å². The number of nitrogens with zero attached hydrogens (tertiary/aromatic N) is 1. The van der Waals surface area contributed by atoms with Gasteiger partial charge >= 0.3 is 6.03 Å². The van der Waals surface area contributed by atoms with E-state index >= 15 is 0 Å². The van der Waals surface area contributed by atoms with E-state index in [4.69, 9.17) is 0 Å². The summed E-state index contributed by atoms with van der Waals surface area (Å²) in [5.41, 5.74) is 0.101. The number of urea groups is 1. The summed E-state index contributed by atoms with van der Waals surface area (Å²) in [6.45, 7) is 2.67. The van der Waals surface area contributed by atoms with Gasteiger partial charge in [-0.05, 0) is 30.5 Å². The molecule has 1 aromatic rings. The minimum atomic E-state index is -0.556. The van der Waals surface area contributed by atoms with Crippen LogP contribution in [0.1, 0.15) is 18.9 Å². The normalized spacial score (nSPS) is 22.7. The molecule has 1 saturated heterocycles. The molecule has 1 aliphatic heterocycles. The Balaban J connectivity index is 1.90. The Morgan fingerprint density at radius 1 is 1.50 bits per heavy atom. The Morgan fingerprint density at radius 3 is 2.95 bits per heavy atom. The predicted octanol–water partition coefficient (Wildman–Crippen LogP) is 1.88. The summed E-state index contributed by atoms with van der Waals surface area (Å²) >= 11 is 0. The summed E-state index contributed by atoms with van der Waals surface area (Å²) in [5.74, 6) is -0.934. The van der Waals surface area contributed by atoms with Gasteiger partial charge in [-0.2, -0.15) is 0 Å². The molecule has 2 atom stereocenters. The molecule has 0 saturated carbocycles. The number of benzene rings is 1. The number of hydrogen-bond acceptors (Lipinski definition) is 2. The van der Waals surface area contributed by atoms with Crippen molar-refractivity contribution in [3.8, 4) is 0 Å². The maximum atomic E-state index is 13.4. The molecule has 2 N–H and O–H groups in total. The molecule has 2 unspecified atom stereocenters. The van der Waals surface area contributed by atoms with Crippen LogP contribution < -0.4 is 5.32 Å². The number of amides is 2. The van der Waals surface area contributed by atoms with Crippen molar-refractivity contribution in [2.75, 3.05) is 13.1 Å². The van der Waals surface area contributed by atoms with Crippen molar-refractivity contribution in [2.24, 2.45) is 5.92 Å². The number of nitrogens with one attached hydrogen (secondary N) is 1. The van der Waals surface area contributed by atoms with Crippen LogP contribution in [-0.2, 0) is 6.54 Å². The zero-order valence-electron chi connectivity index (χ0n) is 11.3. The Labute approximate surface area is 116 Å². The fraction of sp³-hybridized carbons (Fsp3) is 0.500. The summed E-state index contributed by atoms with van der Waals surface area (Å²) < 4.78 is 26.4. The second-order valence-electron chi connectivity index (χ2n) is 5.17. The third-order valence-corrected chi connectivity index (χ3v) is 3.64. The first-order valence-electron chi connectivity index (χ1n) is 6.62. The first-order valence-corrected chi connectivity index (χ1v) is 6.62. The van der Waals surface area contributed by atoms with Gasteiger partial charge in [0.05, 0.1) is 6.10 Å². The van der Waals surface area contributed by atoms with Crippen molar-refractivity contribution in [1.82, 2.24) is 10.2 Å². The Morgan fingerprint density at radius 2 is 2.25 bits per heavy atom. The number of likely N-dealkylation sites (tertiary alicyclic amines) is 1. The molecule has 1 aromatic carbocycles. The quantitative estimate of drug-likeness (QED) is 0.871. The largest absolute Gasteiger partial charge is 0.391 e. The lowest BCUT2D eigenvalue weighted by Gasteiger charge is -2.34. The van der Waals surface area contributed by atoms with Crippen LogP contribution in [0.2, 0.25) is 0 Å². The first-order chi connectivity index (χ1) is 9.47. The van der Waals surface area contributed by atoms with Crippen LogP contribution in [0.3, 0.4) is 0 Å². The van der Waals surface area contributed by atoms with Gasteiger partial charge in [0.1, 0.15) is 11.6 Å². The van der Waals surface area contributed by atoms with Crippen LogP contribution in [0.5, 0.6) is 0 Å². The number of rotatable bonds is 2. The molecule has 1 heterocycles.